The molecule has 112 valence electrons. The summed E-state index contributed by atoms with van der Waals surface area (Å²) in [4.78, 5) is 0. The molecule has 1 N–H and O–H groups in total. The Morgan fingerprint density at radius 1 is 1.30 bits per heavy atom. The minimum atomic E-state index is -4.34. The second-order valence-electron chi connectivity index (χ2n) is 5.16. The lowest BCUT2D eigenvalue weighted by Gasteiger charge is -2.29. The lowest BCUT2D eigenvalue weighted by Crippen LogP contribution is -2.36. The number of benzene rings is 1. The number of ether oxygens (including phenoxy) is 1. The molecule has 1 saturated carbocycles. The van der Waals surface area contributed by atoms with E-state index in [9.17, 15) is 13.2 Å². The molecule has 0 saturated heterocycles. The molecule has 0 aromatic heterocycles. The zero-order valence-corrected chi connectivity index (χ0v) is 11.7. The summed E-state index contributed by atoms with van der Waals surface area (Å²) in [5.74, 6) is 0.352. The fourth-order valence-corrected chi connectivity index (χ4v) is 2.67. The van der Waals surface area contributed by atoms with Crippen molar-refractivity contribution in [2.45, 2.75) is 38.1 Å². The minimum Gasteiger partial charge on any atom is -0.379 e. The van der Waals surface area contributed by atoms with E-state index in [1.165, 1.54) is 6.07 Å². The Bertz CT molecular complexity index is 443. The Hall–Kier alpha value is -1.07. The van der Waals surface area contributed by atoms with Crippen LogP contribution in [0.3, 0.4) is 0 Å². The molecule has 0 spiro atoms. The zero-order valence-electron chi connectivity index (χ0n) is 11.7. The van der Waals surface area contributed by atoms with Gasteiger partial charge in [0.15, 0.2) is 0 Å². The van der Waals surface area contributed by atoms with E-state index in [0.717, 1.165) is 18.9 Å². The summed E-state index contributed by atoms with van der Waals surface area (Å²) in [6.45, 7) is 2.49. The average Bonchev–Trinajstić information content (AvgIpc) is 3.22. The first-order chi connectivity index (χ1) is 9.49. The Balaban J connectivity index is 2.38. The number of rotatable bonds is 6. The van der Waals surface area contributed by atoms with E-state index < -0.39 is 17.8 Å². The largest absolute Gasteiger partial charge is 0.416 e. The second-order valence-corrected chi connectivity index (χ2v) is 5.16. The fourth-order valence-electron chi connectivity index (χ4n) is 2.67. The molecule has 1 aliphatic rings. The summed E-state index contributed by atoms with van der Waals surface area (Å²) in [7, 11) is 1.57. The molecule has 1 fully saturated rings. The number of likely N-dealkylation sites (N-methyl/N-ethyl adjacent to an activating group) is 1. The van der Waals surface area contributed by atoms with Crippen LogP contribution in [0.4, 0.5) is 13.2 Å². The van der Waals surface area contributed by atoms with Crippen molar-refractivity contribution in [2.24, 2.45) is 5.92 Å². The Morgan fingerprint density at radius 2 is 1.95 bits per heavy atom. The maximum atomic E-state index is 13.2. The second kappa shape index (κ2) is 6.14. The van der Waals surface area contributed by atoms with Crippen molar-refractivity contribution >= 4 is 0 Å². The lowest BCUT2D eigenvalue weighted by atomic mass is 9.93. The maximum absolute atomic E-state index is 13.2. The minimum absolute atomic E-state index is 0.210. The van der Waals surface area contributed by atoms with Crippen molar-refractivity contribution < 1.29 is 17.9 Å². The van der Waals surface area contributed by atoms with Crippen LogP contribution in [0.15, 0.2) is 24.3 Å². The highest BCUT2D eigenvalue weighted by atomic mass is 19.4. The fraction of sp³-hybridized carbons (Fsp3) is 0.600. The van der Waals surface area contributed by atoms with E-state index in [4.69, 9.17) is 4.74 Å². The summed E-state index contributed by atoms with van der Waals surface area (Å²) in [5, 5.41) is 3.16. The molecule has 20 heavy (non-hydrogen) atoms. The van der Waals surface area contributed by atoms with E-state index >= 15 is 0 Å². The van der Waals surface area contributed by atoms with Crippen LogP contribution in [0.2, 0.25) is 0 Å². The topological polar surface area (TPSA) is 21.3 Å². The number of alkyl halides is 3. The molecular formula is C15H20F3NO. The average molecular weight is 287 g/mol. The van der Waals surface area contributed by atoms with Gasteiger partial charge in [0.05, 0.1) is 17.7 Å². The van der Waals surface area contributed by atoms with Crippen LogP contribution >= 0.6 is 0 Å². The molecule has 0 bridgehead atoms. The zero-order chi connectivity index (χ0) is 14.8. The predicted octanol–water partition coefficient (Wildman–Crippen LogP) is 3.78. The standard InChI is InChI=1S/C15H20F3NO/c1-3-19-13(14(20-2)10-8-9-10)11-6-4-5-7-12(11)15(16,17)18/h4-7,10,13-14,19H,3,8-9H2,1-2H3. The third kappa shape index (κ3) is 3.33. The highest BCUT2D eigenvalue weighted by molar-refractivity contribution is 5.33. The Kier molecular flexibility index (Phi) is 4.70. The first-order valence-corrected chi connectivity index (χ1v) is 6.91. The maximum Gasteiger partial charge on any atom is 0.416 e. The van der Waals surface area contributed by atoms with Crippen LogP contribution in [0, 0.1) is 5.92 Å². The van der Waals surface area contributed by atoms with Gasteiger partial charge in [-0.3, -0.25) is 0 Å². The van der Waals surface area contributed by atoms with Crippen molar-refractivity contribution in [3.63, 3.8) is 0 Å². The molecule has 2 rings (SSSR count). The van der Waals surface area contributed by atoms with Gasteiger partial charge < -0.3 is 10.1 Å². The van der Waals surface area contributed by atoms with Gasteiger partial charge in [0, 0.05) is 7.11 Å². The van der Waals surface area contributed by atoms with Gasteiger partial charge in [0.25, 0.3) is 0 Å². The van der Waals surface area contributed by atoms with Gasteiger partial charge in [-0.05, 0) is 36.9 Å². The van der Waals surface area contributed by atoms with Crippen molar-refractivity contribution in [1.82, 2.24) is 5.32 Å². The third-order valence-electron chi connectivity index (χ3n) is 3.71. The smallest absolute Gasteiger partial charge is 0.379 e. The molecular weight excluding hydrogens is 267 g/mol. The van der Waals surface area contributed by atoms with E-state index in [2.05, 4.69) is 5.32 Å². The van der Waals surface area contributed by atoms with E-state index in [1.54, 1.807) is 19.2 Å². The number of hydrogen-bond acceptors (Lipinski definition) is 2. The quantitative estimate of drug-likeness (QED) is 0.859. The predicted molar refractivity (Wildman–Crippen MR) is 71.4 cm³/mol. The highest BCUT2D eigenvalue weighted by Gasteiger charge is 2.41. The molecule has 0 radical (unpaired) electrons. The molecule has 2 unspecified atom stereocenters. The summed E-state index contributed by atoms with van der Waals surface area (Å²) in [6, 6.07) is 5.34. The molecule has 1 aliphatic carbocycles. The van der Waals surface area contributed by atoms with Gasteiger partial charge in [-0.2, -0.15) is 13.2 Å². The Labute approximate surface area is 117 Å². The highest BCUT2D eigenvalue weighted by Crippen LogP contribution is 2.42. The van der Waals surface area contributed by atoms with Crippen LogP contribution in [-0.2, 0) is 10.9 Å². The van der Waals surface area contributed by atoms with Crippen molar-refractivity contribution in [3.8, 4) is 0 Å². The normalized spacial score (nSPS) is 18.9. The lowest BCUT2D eigenvalue weighted by molar-refractivity contribution is -0.138. The van der Waals surface area contributed by atoms with Crippen molar-refractivity contribution in [2.75, 3.05) is 13.7 Å². The van der Waals surface area contributed by atoms with Gasteiger partial charge >= 0.3 is 6.18 Å². The number of hydrogen-bond donors (Lipinski definition) is 1. The molecule has 1 aromatic rings. The first kappa shape index (κ1) is 15.3. The first-order valence-electron chi connectivity index (χ1n) is 6.91. The molecule has 0 heterocycles. The van der Waals surface area contributed by atoms with E-state index in [0.29, 0.717) is 12.5 Å². The third-order valence-corrected chi connectivity index (χ3v) is 3.71. The van der Waals surface area contributed by atoms with E-state index in [1.807, 2.05) is 6.92 Å². The molecule has 5 heteroatoms. The summed E-state index contributed by atoms with van der Waals surface area (Å²) < 4.78 is 45.0. The van der Waals surface area contributed by atoms with Crippen LogP contribution in [-0.4, -0.2) is 19.8 Å². The van der Waals surface area contributed by atoms with Gasteiger partial charge in [-0.15, -0.1) is 0 Å². The van der Waals surface area contributed by atoms with Crippen molar-refractivity contribution in [1.29, 1.82) is 0 Å². The van der Waals surface area contributed by atoms with Crippen LogP contribution in [0.25, 0.3) is 0 Å². The molecule has 2 nitrogen and oxygen atoms in total. The number of nitrogens with one attached hydrogen (secondary N) is 1. The van der Waals surface area contributed by atoms with Crippen LogP contribution < -0.4 is 5.32 Å². The SMILES string of the molecule is CCNC(c1ccccc1C(F)(F)F)C(OC)C1CC1. The van der Waals surface area contributed by atoms with Gasteiger partial charge in [-0.1, -0.05) is 25.1 Å². The van der Waals surface area contributed by atoms with Gasteiger partial charge in [0.1, 0.15) is 0 Å². The molecule has 0 aliphatic heterocycles. The number of methoxy groups -OCH3 is 1. The van der Waals surface area contributed by atoms with Crippen LogP contribution in [0.1, 0.15) is 36.9 Å². The summed E-state index contributed by atoms with van der Waals surface area (Å²) in [5.41, 5.74) is -0.297. The van der Waals surface area contributed by atoms with E-state index in [-0.39, 0.29) is 11.7 Å². The Morgan fingerprint density at radius 3 is 2.45 bits per heavy atom. The summed E-state index contributed by atoms with van der Waals surface area (Å²) in [6.07, 6.45) is -2.51. The molecule has 1 aromatic carbocycles. The van der Waals surface area contributed by atoms with Crippen molar-refractivity contribution in [3.05, 3.63) is 35.4 Å². The van der Waals surface area contributed by atoms with Crippen LogP contribution in [0.5, 0.6) is 0 Å². The van der Waals surface area contributed by atoms with Gasteiger partial charge in [-0.25, -0.2) is 0 Å². The monoisotopic (exact) mass is 287 g/mol. The molecule has 0 amide bonds. The summed E-state index contributed by atoms with van der Waals surface area (Å²) >= 11 is 0. The van der Waals surface area contributed by atoms with Gasteiger partial charge in [0.2, 0.25) is 0 Å². The molecule has 2 atom stereocenters. The number of halogens is 3.